The minimum absolute atomic E-state index is 0.0744. The molecule has 0 amide bonds. The van der Waals surface area contributed by atoms with E-state index in [1.54, 1.807) is 30.6 Å². The topological polar surface area (TPSA) is 70.1 Å². The summed E-state index contributed by atoms with van der Waals surface area (Å²) < 4.78 is 5.46. The Kier molecular flexibility index (Phi) is 4.29. The first-order chi connectivity index (χ1) is 13.8. The zero-order chi connectivity index (χ0) is 18.9. The summed E-state index contributed by atoms with van der Waals surface area (Å²) in [6.45, 7) is 4.74. The molecule has 5 rings (SSSR count). The van der Waals surface area contributed by atoms with E-state index in [1.807, 2.05) is 0 Å². The Bertz CT molecular complexity index is 964. The predicted octanol–water partition coefficient (Wildman–Crippen LogP) is 2.13. The first kappa shape index (κ1) is 16.9. The van der Waals surface area contributed by atoms with Gasteiger partial charge in [0.1, 0.15) is 11.7 Å². The molecule has 28 heavy (non-hydrogen) atoms. The molecule has 3 aliphatic rings. The molecule has 0 radical (unpaired) electrons. The molecule has 0 saturated carbocycles. The molecule has 1 aromatic heterocycles. The number of fused-ring (bicyclic) bond motifs is 3. The Morgan fingerprint density at radius 3 is 2.89 bits per heavy atom. The second kappa shape index (κ2) is 7.09. The van der Waals surface area contributed by atoms with Crippen molar-refractivity contribution in [2.45, 2.75) is 0 Å². The van der Waals surface area contributed by atoms with E-state index in [0.29, 0.717) is 5.56 Å². The maximum atomic E-state index is 12.7. The van der Waals surface area contributed by atoms with Crippen molar-refractivity contribution >= 4 is 23.0 Å². The van der Waals surface area contributed by atoms with Gasteiger partial charge in [0, 0.05) is 54.9 Å². The van der Waals surface area contributed by atoms with Crippen molar-refractivity contribution in [1.29, 1.82) is 0 Å². The van der Waals surface area contributed by atoms with Crippen molar-refractivity contribution in [1.82, 2.24) is 9.88 Å². The Hall–Kier alpha value is -3.19. The number of carbonyl (C=O) groups is 1. The van der Waals surface area contributed by atoms with Crippen LogP contribution in [0.2, 0.25) is 0 Å². The highest BCUT2D eigenvalue weighted by molar-refractivity contribution is 6.10. The number of rotatable bonds is 3. The summed E-state index contributed by atoms with van der Waals surface area (Å²) in [5.41, 5.74) is 3.77. The minimum Gasteiger partial charge on any atom is -0.378 e. The van der Waals surface area contributed by atoms with E-state index < -0.39 is 0 Å². The summed E-state index contributed by atoms with van der Waals surface area (Å²) in [5.74, 6) is 1.61. The maximum Gasteiger partial charge on any atom is 0.191 e. The number of anilines is 2. The molecule has 0 aliphatic carbocycles. The number of carbonyl (C=O) groups excluding carboxylic acids is 1. The lowest BCUT2D eigenvalue weighted by Gasteiger charge is -2.33. The molecular weight excluding hydrogens is 354 g/mol. The van der Waals surface area contributed by atoms with Gasteiger partial charge in [0.05, 0.1) is 25.4 Å². The van der Waals surface area contributed by atoms with Gasteiger partial charge in [-0.1, -0.05) is 0 Å². The quantitative estimate of drug-likeness (QED) is 0.655. The van der Waals surface area contributed by atoms with Crippen LogP contribution in [-0.4, -0.2) is 60.9 Å². The number of ether oxygens (including phenoxy) is 1. The van der Waals surface area contributed by atoms with E-state index in [4.69, 9.17) is 4.74 Å². The lowest BCUT2D eigenvalue weighted by molar-refractivity contribution is 0.104. The van der Waals surface area contributed by atoms with Gasteiger partial charge >= 0.3 is 0 Å². The zero-order valence-corrected chi connectivity index (χ0v) is 15.5. The number of amidine groups is 1. The summed E-state index contributed by atoms with van der Waals surface area (Å²) in [7, 11) is 0. The van der Waals surface area contributed by atoms with Gasteiger partial charge in [0.2, 0.25) is 0 Å². The van der Waals surface area contributed by atoms with Crippen molar-refractivity contribution in [3.05, 3.63) is 65.7 Å². The molecular formula is C21H21N5O2. The summed E-state index contributed by atoms with van der Waals surface area (Å²) in [5, 5.41) is 3.46. The third-order valence-electron chi connectivity index (χ3n) is 5.23. The number of aliphatic imine (C=N–C) groups is 1. The molecule has 3 aliphatic heterocycles. The average molecular weight is 375 g/mol. The van der Waals surface area contributed by atoms with E-state index in [9.17, 15) is 4.79 Å². The fraction of sp³-hybridized carbons (Fsp3) is 0.286. The van der Waals surface area contributed by atoms with Crippen molar-refractivity contribution in [3.8, 4) is 0 Å². The third kappa shape index (κ3) is 3.03. The molecule has 2 aromatic rings. The number of benzene rings is 1. The molecule has 7 heteroatoms. The lowest BCUT2D eigenvalue weighted by atomic mass is 10.1. The smallest absolute Gasteiger partial charge is 0.191 e. The Morgan fingerprint density at radius 2 is 2.07 bits per heavy atom. The highest BCUT2D eigenvalue weighted by Gasteiger charge is 2.30. The monoisotopic (exact) mass is 375 g/mol. The van der Waals surface area contributed by atoms with Crippen LogP contribution in [0, 0.1) is 0 Å². The standard InChI is InChI=1S/C21H21N5O2/c27-19(15-2-1-5-22-14-15)13-20-24-18-12-16(25-8-10-28-11-9-25)3-4-17(18)21-23-6-7-26(20)21/h1-5,12-14,24H,6-11H2/b20-13+. The summed E-state index contributed by atoms with van der Waals surface area (Å²) >= 11 is 0. The first-order valence-corrected chi connectivity index (χ1v) is 9.52. The van der Waals surface area contributed by atoms with Gasteiger partial charge in [0.15, 0.2) is 5.78 Å². The molecule has 0 spiro atoms. The summed E-state index contributed by atoms with van der Waals surface area (Å²) in [6, 6.07) is 9.94. The van der Waals surface area contributed by atoms with Crippen molar-refractivity contribution < 1.29 is 9.53 Å². The van der Waals surface area contributed by atoms with Crippen LogP contribution in [0.1, 0.15) is 15.9 Å². The average Bonchev–Trinajstić information content (AvgIpc) is 3.25. The van der Waals surface area contributed by atoms with Crippen LogP contribution in [0.4, 0.5) is 11.4 Å². The second-order valence-electron chi connectivity index (χ2n) is 6.95. The molecule has 0 atom stereocenters. The highest BCUT2D eigenvalue weighted by atomic mass is 16.5. The van der Waals surface area contributed by atoms with Gasteiger partial charge in [-0.2, -0.15) is 0 Å². The molecule has 1 aromatic carbocycles. The van der Waals surface area contributed by atoms with Crippen LogP contribution in [-0.2, 0) is 4.74 Å². The Balaban J connectivity index is 1.49. The predicted molar refractivity (Wildman–Crippen MR) is 108 cm³/mol. The van der Waals surface area contributed by atoms with Crippen LogP contribution in [0.15, 0.2) is 59.6 Å². The maximum absolute atomic E-state index is 12.7. The third-order valence-corrected chi connectivity index (χ3v) is 5.23. The first-order valence-electron chi connectivity index (χ1n) is 9.52. The van der Waals surface area contributed by atoms with E-state index in [0.717, 1.165) is 68.0 Å². The number of pyridine rings is 1. The van der Waals surface area contributed by atoms with E-state index in [2.05, 4.69) is 43.3 Å². The van der Waals surface area contributed by atoms with Crippen LogP contribution >= 0.6 is 0 Å². The Labute approximate surface area is 163 Å². The lowest BCUT2D eigenvalue weighted by Crippen LogP contribution is -2.38. The minimum atomic E-state index is -0.0744. The van der Waals surface area contributed by atoms with Crippen molar-refractivity contribution in [3.63, 3.8) is 0 Å². The van der Waals surface area contributed by atoms with Gasteiger partial charge in [-0.15, -0.1) is 0 Å². The van der Waals surface area contributed by atoms with Gasteiger partial charge in [0.25, 0.3) is 0 Å². The van der Waals surface area contributed by atoms with Crippen molar-refractivity contribution in [2.75, 3.05) is 49.6 Å². The van der Waals surface area contributed by atoms with Gasteiger partial charge < -0.3 is 19.9 Å². The van der Waals surface area contributed by atoms with Gasteiger partial charge in [-0.25, -0.2) is 0 Å². The fourth-order valence-electron chi connectivity index (χ4n) is 3.80. The normalized spacial score (nSPS) is 19.7. The number of morpholine rings is 1. The largest absolute Gasteiger partial charge is 0.378 e. The van der Waals surface area contributed by atoms with Crippen LogP contribution in [0.5, 0.6) is 0 Å². The molecule has 1 saturated heterocycles. The SMILES string of the molecule is O=C(/C=C1\Nc2cc(N3CCOCC3)ccc2C2=NCCN21)c1cccnc1. The fourth-order valence-corrected chi connectivity index (χ4v) is 3.80. The van der Waals surface area contributed by atoms with Gasteiger partial charge in [-0.3, -0.25) is 14.8 Å². The number of aromatic nitrogens is 1. The van der Waals surface area contributed by atoms with Gasteiger partial charge in [-0.05, 0) is 30.3 Å². The highest BCUT2D eigenvalue weighted by Crippen LogP contribution is 2.33. The molecule has 4 heterocycles. The number of hydrogen-bond acceptors (Lipinski definition) is 7. The molecule has 0 bridgehead atoms. The van der Waals surface area contributed by atoms with Crippen LogP contribution in [0.3, 0.4) is 0 Å². The summed E-state index contributed by atoms with van der Waals surface area (Å²) in [6.07, 6.45) is 4.89. The number of allylic oxidation sites excluding steroid dienone is 1. The van der Waals surface area contributed by atoms with Crippen molar-refractivity contribution in [2.24, 2.45) is 4.99 Å². The number of nitrogens with zero attached hydrogens (tertiary/aromatic N) is 4. The molecule has 1 fully saturated rings. The van der Waals surface area contributed by atoms with E-state index in [-0.39, 0.29) is 5.78 Å². The zero-order valence-electron chi connectivity index (χ0n) is 15.5. The molecule has 142 valence electrons. The summed E-state index contributed by atoms with van der Waals surface area (Å²) in [4.78, 5) is 25.8. The van der Waals surface area contributed by atoms with Crippen LogP contribution in [0.25, 0.3) is 0 Å². The molecule has 7 nitrogen and oxygen atoms in total. The van der Waals surface area contributed by atoms with Crippen LogP contribution < -0.4 is 10.2 Å². The molecule has 0 unspecified atom stereocenters. The Morgan fingerprint density at radius 1 is 1.18 bits per heavy atom. The number of nitrogens with one attached hydrogen (secondary N) is 1. The second-order valence-corrected chi connectivity index (χ2v) is 6.95. The molecule has 1 N–H and O–H groups in total. The number of hydrogen-bond donors (Lipinski definition) is 1. The van der Waals surface area contributed by atoms with E-state index >= 15 is 0 Å². The number of ketones is 1. The van der Waals surface area contributed by atoms with E-state index in [1.165, 1.54) is 0 Å².